The number of amides is 12. The summed E-state index contributed by atoms with van der Waals surface area (Å²) in [5.41, 5.74) is 19.0. The molecule has 0 radical (unpaired) electrons. The number of carbonyl (C=O) groups excluding carboxylic acids is 13. The van der Waals surface area contributed by atoms with Crippen molar-refractivity contribution in [1.82, 2.24) is 47.4 Å². The number of rotatable bonds is 22. The SMILES string of the molecule is CC[C@H](C)[C@@H]1NC(=O)[C@H](Cc2ccc(O)cc2)NC(=O)C(O)CSSC[C@@H](C(=O)N2CCC[C@H]2C(=O)N[C@@H](CCCNC(=O)c2ccc3c(c2)C(=O)OC32c3ccc(N(C)C)cc3Oc3cc(N(C)C)ccc32)C(=O)NCC(N)=O)NC(=O)[C@H](CC(N)=O)NC(=O)[C@H](CCC(N)=O)NC1=O. The van der Waals surface area contributed by atoms with E-state index in [-0.39, 0.29) is 80.0 Å². The molecule has 1 unspecified atom stereocenters. The molecule has 9 atom stereocenters. The van der Waals surface area contributed by atoms with Crippen molar-refractivity contribution in [2.24, 2.45) is 23.1 Å². The molecular formula is C67H84N14O17S2. The van der Waals surface area contributed by atoms with Gasteiger partial charge >= 0.3 is 5.97 Å². The van der Waals surface area contributed by atoms with Crippen LogP contribution in [0.2, 0.25) is 0 Å². The Morgan fingerprint density at radius 2 is 1.32 bits per heavy atom. The molecule has 4 aromatic rings. The van der Waals surface area contributed by atoms with E-state index in [9.17, 15) is 72.5 Å². The number of fused-ring (bicyclic) bond motifs is 6. The maximum absolute atomic E-state index is 14.9. The van der Waals surface area contributed by atoms with Crippen molar-refractivity contribution in [3.8, 4) is 17.2 Å². The van der Waals surface area contributed by atoms with Gasteiger partial charge in [0.1, 0.15) is 65.6 Å². The number of aliphatic hydroxyl groups excluding tert-OH is 1. The molecule has 2 saturated heterocycles. The number of likely N-dealkylation sites (tertiary alicyclic amines) is 1. The maximum Gasteiger partial charge on any atom is 0.340 e. The Bertz CT molecular complexity index is 3760. The average Bonchev–Trinajstić information content (AvgIpc) is 1.49. The minimum atomic E-state index is -1.85. The van der Waals surface area contributed by atoms with Crippen LogP contribution in [-0.2, 0) is 69.5 Å². The lowest BCUT2D eigenvalue weighted by Crippen LogP contribution is -2.61. The topological polar surface area (TPSA) is 465 Å². The van der Waals surface area contributed by atoms with E-state index in [2.05, 4.69) is 42.5 Å². The molecule has 31 nitrogen and oxygen atoms in total. The van der Waals surface area contributed by atoms with Crippen molar-refractivity contribution in [1.29, 1.82) is 0 Å². The second kappa shape index (κ2) is 33.6. The molecule has 4 aromatic carbocycles. The second-order valence-corrected chi connectivity index (χ2v) is 27.7. The Kier molecular flexibility index (Phi) is 25.4. The molecule has 4 aliphatic heterocycles. The fraction of sp³-hybridized carbons (Fsp3) is 0.448. The number of esters is 1. The van der Waals surface area contributed by atoms with E-state index in [1.165, 1.54) is 30.3 Å². The van der Waals surface area contributed by atoms with Crippen LogP contribution in [0.25, 0.3) is 0 Å². The van der Waals surface area contributed by atoms with Gasteiger partial charge in [-0.2, -0.15) is 0 Å². The van der Waals surface area contributed by atoms with E-state index < -0.39 is 163 Å². The van der Waals surface area contributed by atoms with Crippen LogP contribution in [0.15, 0.2) is 78.9 Å². The molecule has 16 N–H and O–H groups in total. The van der Waals surface area contributed by atoms with Gasteiger partial charge in [0.15, 0.2) is 5.60 Å². The van der Waals surface area contributed by atoms with Crippen LogP contribution in [0.3, 0.4) is 0 Å². The Balaban J connectivity index is 0.994. The van der Waals surface area contributed by atoms with E-state index in [0.29, 0.717) is 33.8 Å². The van der Waals surface area contributed by atoms with Crippen LogP contribution in [0.5, 0.6) is 17.2 Å². The van der Waals surface area contributed by atoms with Crippen molar-refractivity contribution < 1.29 is 82.0 Å². The van der Waals surface area contributed by atoms with E-state index in [4.69, 9.17) is 26.7 Å². The van der Waals surface area contributed by atoms with Gasteiger partial charge in [-0.05, 0) is 92.1 Å². The number of nitrogens with two attached hydrogens (primary N) is 3. The zero-order chi connectivity index (χ0) is 72.9. The number of carbonyl (C=O) groups is 13. The highest BCUT2D eigenvalue weighted by Crippen LogP contribution is 2.57. The molecule has 2 fully saturated rings. The first kappa shape index (κ1) is 75.6. The first-order chi connectivity index (χ1) is 47.5. The van der Waals surface area contributed by atoms with Crippen LogP contribution in [0, 0.1) is 5.92 Å². The van der Waals surface area contributed by atoms with Gasteiger partial charge < -0.3 is 94.1 Å². The van der Waals surface area contributed by atoms with Crippen molar-refractivity contribution in [2.45, 2.75) is 126 Å². The summed E-state index contributed by atoms with van der Waals surface area (Å²) in [7, 11) is 9.31. The maximum atomic E-state index is 14.9. The Labute approximate surface area is 584 Å². The number of nitrogens with one attached hydrogen (secondary N) is 8. The Hall–Kier alpha value is -10.1. The Morgan fingerprint density at radius 3 is 1.94 bits per heavy atom. The van der Waals surface area contributed by atoms with E-state index >= 15 is 0 Å². The number of primary amides is 3. The number of nitrogens with zero attached hydrogens (tertiary/aromatic N) is 3. The van der Waals surface area contributed by atoms with Crippen molar-refractivity contribution in [3.05, 3.63) is 112 Å². The minimum absolute atomic E-state index is 0.0343. The fourth-order valence-electron chi connectivity index (χ4n) is 11.9. The number of ether oxygens (including phenoxy) is 2. The highest BCUT2D eigenvalue weighted by molar-refractivity contribution is 8.76. The minimum Gasteiger partial charge on any atom is -0.508 e. The number of phenols is 1. The first-order valence-electron chi connectivity index (χ1n) is 32.4. The first-order valence-corrected chi connectivity index (χ1v) is 34.9. The summed E-state index contributed by atoms with van der Waals surface area (Å²) in [6, 6.07) is 10.8. The summed E-state index contributed by atoms with van der Waals surface area (Å²) in [5, 5.41) is 41.6. The van der Waals surface area contributed by atoms with Crippen LogP contribution in [-0.4, -0.2) is 200 Å². The standard InChI is InChI=1S/C67H84N14O17S2/c1-7-34(2)56-64(94)74-45(22-23-53(68)84)59(89)75-47(30-54(69)85)60(90)77-48(32-99-100-33-50(83)63(93)76-46(61(91)78-56)26-35-12-17-39(82)18-13-35)65(95)81-25-9-11-49(81)62(92)73-44(58(88)72-31-55(70)86)10-8-24-71-57(87)36-14-19-41-40(27-36)66(96)98-67(41)42-20-15-37(79(3)4)28-51(42)97-52-29-38(80(5)6)16-21-43(52)67/h12-21,27-29,34,44-50,56,82-83H,7-11,22-26,30-33H2,1-6H3,(H2,68,84)(H2,69,85)(H2,70,86)(H,71,87)(H,72,88)(H,73,92)(H,74,94)(H,75,89)(H,76,93)(H,77,90)(H,78,91)/t34-,44-,45-,46-,47-,48-,49-,50?,56-/m0/s1. The lowest BCUT2D eigenvalue weighted by Gasteiger charge is -2.37. The highest BCUT2D eigenvalue weighted by Gasteiger charge is 2.54. The van der Waals surface area contributed by atoms with Crippen molar-refractivity contribution >= 4 is 110 Å². The molecule has 4 aliphatic rings. The summed E-state index contributed by atoms with van der Waals surface area (Å²) >= 11 is 0. The quantitative estimate of drug-likeness (QED) is 0.0263. The lowest BCUT2D eigenvalue weighted by molar-refractivity contribution is -0.142. The third-order valence-electron chi connectivity index (χ3n) is 17.5. The molecule has 4 heterocycles. The smallest absolute Gasteiger partial charge is 0.340 e. The van der Waals surface area contributed by atoms with Crippen LogP contribution >= 0.6 is 21.6 Å². The predicted molar refractivity (Wildman–Crippen MR) is 368 cm³/mol. The van der Waals surface area contributed by atoms with Crippen LogP contribution < -0.4 is 74.3 Å². The molecule has 100 heavy (non-hydrogen) atoms. The molecule has 0 bridgehead atoms. The highest BCUT2D eigenvalue weighted by atomic mass is 33.1. The third-order valence-corrected chi connectivity index (χ3v) is 20.0. The Morgan fingerprint density at radius 1 is 0.710 bits per heavy atom. The molecule has 0 aliphatic carbocycles. The normalized spacial score (nSPS) is 21.4. The number of hydrogen-bond donors (Lipinski definition) is 13. The summed E-state index contributed by atoms with van der Waals surface area (Å²) in [6.45, 7) is 2.56. The average molecular weight is 1420 g/mol. The molecule has 536 valence electrons. The largest absolute Gasteiger partial charge is 0.508 e. The van der Waals surface area contributed by atoms with Gasteiger partial charge in [-0.15, -0.1) is 0 Å². The number of aromatic hydroxyl groups is 1. The van der Waals surface area contributed by atoms with Gasteiger partial charge in [-0.3, -0.25) is 57.5 Å². The molecule has 0 saturated carbocycles. The van der Waals surface area contributed by atoms with Gasteiger partial charge in [-0.1, -0.05) is 60.1 Å². The summed E-state index contributed by atoms with van der Waals surface area (Å²) < 4.78 is 12.9. The number of aliphatic hydroxyl groups is 1. The second-order valence-electron chi connectivity index (χ2n) is 25.2. The van der Waals surface area contributed by atoms with Crippen molar-refractivity contribution in [2.75, 3.05) is 69.1 Å². The number of phenolic OH excluding ortho intramolecular Hbond substituents is 1. The summed E-state index contributed by atoms with van der Waals surface area (Å²) in [4.78, 5) is 184. The van der Waals surface area contributed by atoms with E-state index in [1.54, 1.807) is 26.0 Å². The van der Waals surface area contributed by atoms with Crippen LogP contribution in [0.4, 0.5) is 11.4 Å². The molecule has 33 heteroatoms. The monoisotopic (exact) mass is 1420 g/mol. The molecule has 12 amide bonds. The number of hydrogen-bond acceptors (Lipinski definition) is 21. The van der Waals surface area contributed by atoms with Crippen LogP contribution in [0.1, 0.15) is 108 Å². The van der Waals surface area contributed by atoms with Gasteiger partial charge in [0.25, 0.3) is 5.91 Å². The molecule has 1 spiro atoms. The molecule has 8 rings (SSSR count). The molecular weight excluding hydrogens is 1340 g/mol. The van der Waals surface area contributed by atoms with E-state index in [1.807, 2.05) is 74.4 Å². The van der Waals surface area contributed by atoms with Gasteiger partial charge in [0, 0.05) is 111 Å². The summed E-state index contributed by atoms with van der Waals surface area (Å²) in [5.74, 6) is -12.4. The summed E-state index contributed by atoms with van der Waals surface area (Å²) in [6.07, 6.45) is -3.37. The van der Waals surface area contributed by atoms with E-state index in [0.717, 1.165) is 37.9 Å². The van der Waals surface area contributed by atoms with Gasteiger partial charge in [0.2, 0.25) is 65.0 Å². The fourth-order valence-corrected chi connectivity index (χ4v) is 14.1. The van der Waals surface area contributed by atoms with Gasteiger partial charge in [-0.25, -0.2) is 4.79 Å². The zero-order valence-electron chi connectivity index (χ0n) is 56.0. The molecule has 0 aromatic heterocycles. The predicted octanol–water partition coefficient (Wildman–Crippen LogP) is -0.711. The van der Waals surface area contributed by atoms with Crippen molar-refractivity contribution in [3.63, 3.8) is 0 Å². The lowest BCUT2D eigenvalue weighted by atomic mass is 9.77. The number of benzene rings is 4. The zero-order valence-corrected chi connectivity index (χ0v) is 57.6. The van der Waals surface area contributed by atoms with Gasteiger partial charge in [0.05, 0.1) is 18.5 Å². The number of anilines is 2. The third kappa shape index (κ3) is 18.4.